The van der Waals surface area contributed by atoms with Gasteiger partial charge in [0.25, 0.3) is 0 Å². The van der Waals surface area contributed by atoms with Crippen molar-refractivity contribution in [3.05, 3.63) is 29.3 Å². The maximum Gasteiger partial charge on any atom is 0.243 e. The topological polar surface area (TPSA) is 70.9 Å². The lowest BCUT2D eigenvalue weighted by Crippen LogP contribution is -3.05. The summed E-state index contributed by atoms with van der Waals surface area (Å²) in [6.07, 6.45) is 2.11. The van der Waals surface area contributed by atoms with Crippen molar-refractivity contribution >= 4 is 27.5 Å². The van der Waals surface area contributed by atoms with Crippen molar-refractivity contribution in [1.82, 2.24) is 9.62 Å². The van der Waals surface area contributed by atoms with Crippen LogP contribution in [0.3, 0.4) is 0 Å². The Bertz CT molecular complexity index is 662. The molecule has 1 aliphatic heterocycles. The van der Waals surface area contributed by atoms with Crippen LogP contribution < -0.4 is 10.2 Å². The average Bonchev–Trinajstić information content (AvgIpc) is 3.02. The smallest absolute Gasteiger partial charge is 0.243 e. The summed E-state index contributed by atoms with van der Waals surface area (Å²) in [7, 11) is 0.426. The van der Waals surface area contributed by atoms with Gasteiger partial charge in [-0.3, -0.25) is 4.79 Å². The summed E-state index contributed by atoms with van der Waals surface area (Å²) >= 11 is 5.82. The first kappa shape index (κ1) is 19.2. The third-order valence-corrected chi connectivity index (χ3v) is 6.25. The van der Waals surface area contributed by atoms with Gasteiger partial charge in [-0.25, -0.2) is 8.42 Å². The average molecular weight is 375 g/mol. The molecule has 2 N–H and O–H groups in total. The van der Waals surface area contributed by atoms with Gasteiger partial charge in [0, 0.05) is 24.5 Å². The van der Waals surface area contributed by atoms with Gasteiger partial charge in [0.2, 0.25) is 15.9 Å². The number of hydrogen-bond acceptors (Lipinski definition) is 3. The summed E-state index contributed by atoms with van der Waals surface area (Å²) in [6.45, 7) is 1.89. The van der Waals surface area contributed by atoms with E-state index in [9.17, 15) is 13.2 Å². The second-order valence-electron chi connectivity index (χ2n) is 6.33. The van der Waals surface area contributed by atoms with E-state index < -0.39 is 16.1 Å². The van der Waals surface area contributed by atoms with Crippen LogP contribution >= 0.6 is 11.6 Å². The summed E-state index contributed by atoms with van der Waals surface area (Å²) in [5.74, 6) is -0.209. The zero-order chi connectivity index (χ0) is 17.7. The molecule has 6 nitrogen and oxygen atoms in total. The minimum Gasteiger partial charge on any atom is -0.354 e. The van der Waals surface area contributed by atoms with E-state index in [0.29, 0.717) is 31.0 Å². The molecule has 1 aromatic rings. The lowest BCUT2D eigenvalue weighted by atomic mass is 10.2. The third kappa shape index (κ3) is 4.69. The van der Waals surface area contributed by atoms with Crippen molar-refractivity contribution in [2.45, 2.75) is 30.2 Å². The number of nitrogens with zero attached hydrogens (tertiary/aromatic N) is 1. The van der Waals surface area contributed by atoms with Gasteiger partial charge in [-0.05, 0) is 37.1 Å². The van der Waals surface area contributed by atoms with Gasteiger partial charge in [0.05, 0.1) is 25.5 Å². The van der Waals surface area contributed by atoms with Crippen molar-refractivity contribution in [2.24, 2.45) is 0 Å². The molecule has 1 aliphatic rings. The highest BCUT2D eigenvalue weighted by molar-refractivity contribution is 7.89. The van der Waals surface area contributed by atoms with Crippen LogP contribution in [-0.2, 0) is 14.8 Å². The molecule has 1 atom stereocenters. The molecule has 1 saturated heterocycles. The van der Waals surface area contributed by atoms with E-state index in [1.807, 2.05) is 0 Å². The van der Waals surface area contributed by atoms with Crippen LogP contribution in [0.15, 0.2) is 29.2 Å². The highest BCUT2D eigenvalue weighted by Crippen LogP contribution is 2.26. The standard InChI is InChI=1S/C16H24ClN3O3S/c1-19(2)11-4-10-18-16(21)15-5-3-12-20(15)24(22,23)14-8-6-13(17)7-9-14/h6-9,15H,3-5,10-12H2,1-2H3,(H,18,21)/p+1/t15-/m1/s1. The first-order valence-electron chi connectivity index (χ1n) is 8.16. The van der Waals surface area contributed by atoms with Gasteiger partial charge >= 0.3 is 0 Å². The highest BCUT2D eigenvalue weighted by atomic mass is 35.5. The molecule has 24 heavy (non-hydrogen) atoms. The molecule has 134 valence electrons. The lowest BCUT2D eigenvalue weighted by molar-refractivity contribution is -0.858. The highest BCUT2D eigenvalue weighted by Gasteiger charge is 2.39. The molecule has 1 fully saturated rings. The number of carbonyl (C=O) groups is 1. The summed E-state index contributed by atoms with van der Waals surface area (Å²) < 4.78 is 26.9. The van der Waals surface area contributed by atoms with E-state index in [4.69, 9.17) is 11.6 Å². The Morgan fingerprint density at radius 2 is 2.00 bits per heavy atom. The van der Waals surface area contributed by atoms with Crippen LogP contribution in [0, 0.1) is 0 Å². The molecule has 0 saturated carbocycles. The van der Waals surface area contributed by atoms with Crippen molar-refractivity contribution in [2.75, 3.05) is 33.7 Å². The van der Waals surface area contributed by atoms with Gasteiger partial charge in [0.1, 0.15) is 6.04 Å². The zero-order valence-electron chi connectivity index (χ0n) is 14.1. The van der Waals surface area contributed by atoms with Crippen molar-refractivity contribution in [1.29, 1.82) is 0 Å². The molecule has 1 heterocycles. The molecular weight excluding hydrogens is 350 g/mol. The molecular formula is C16H25ClN3O3S+. The normalized spacial score (nSPS) is 18.9. The Balaban J connectivity index is 2.03. The number of nitrogens with one attached hydrogen (secondary N) is 2. The van der Waals surface area contributed by atoms with E-state index >= 15 is 0 Å². The quantitative estimate of drug-likeness (QED) is 0.667. The molecule has 0 spiro atoms. The molecule has 0 unspecified atom stereocenters. The van der Waals surface area contributed by atoms with Crippen LogP contribution in [-0.4, -0.2) is 58.4 Å². The monoisotopic (exact) mass is 374 g/mol. The first-order chi connectivity index (χ1) is 11.3. The summed E-state index contributed by atoms with van der Waals surface area (Å²) in [5.41, 5.74) is 0. The number of sulfonamides is 1. The van der Waals surface area contributed by atoms with Gasteiger partial charge in [0.15, 0.2) is 0 Å². The Kier molecular flexibility index (Phi) is 6.62. The van der Waals surface area contributed by atoms with E-state index in [0.717, 1.165) is 13.0 Å². The zero-order valence-corrected chi connectivity index (χ0v) is 15.7. The fourth-order valence-electron chi connectivity index (χ4n) is 2.80. The number of amides is 1. The molecule has 0 aliphatic carbocycles. The Morgan fingerprint density at radius 3 is 2.62 bits per heavy atom. The fourth-order valence-corrected chi connectivity index (χ4v) is 4.59. The fraction of sp³-hybridized carbons (Fsp3) is 0.562. The molecule has 0 radical (unpaired) electrons. The van der Waals surface area contributed by atoms with Crippen LogP contribution in [0.25, 0.3) is 0 Å². The molecule has 1 amide bonds. The molecule has 2 rings (SSSR count). The van der Waals surface area contributed by atoms with Gasteiger partial charge in [-0.15, -0.1) is 0 Å². The number of rotatable bonds is 7. The van der Waals surface area contributed by atoms with E-state index in [2.05, 4.69) is 19.4 Å². The van der Waals surface area contributed by atoms with Gasteiger partial charge < -0.3 is 10.2 Å². The Labute approximate surface area is 148 Å². The summed E-state index contributed by atoms with van der Waals surface area (Å²) in [6, 6.07) is 5.42. The number of quaternary nitrogens is 1. The summed E-state index contributed by atoms with van der Waals surface area (Å²) in [5, 5.41) is 3.34. The van der Waals surface area contributed by atoms with E-state index in [-0.39, 0.29) is 10.8 Å². The first-order valence-corrected chi connectivity index (χ1v) is 9.98. The van der Waals surface area contributed by atoms with Crippen molar-refractivity contribution in [3.8, 4) is 0 Å². The SMILES string of the molecule is C[NH+](C)CCCNC(=O)[C@H]1CCCN1S(=O)(=O)c1ccc(Cl)cc1. The molecule has 8 heteroatoms. The Hall–Kier alpha value is -1.15. The second-order valence-corrected chi connectivity index (χ2v) is 8.66. The molecule has 0 bridgehead atoms. The van der Waals surface area contributed by atoms with Crippen LogP contribution in [0.1, 0.15) is 19.3 Å². The van der Waals surface area contributed by atoms with Crippen LogP contribution in [0.5, 0.6) is 0 Å². The number of hydrogen-bond donors (Lipinski definition) is 2. The second kappa shape index (κ2) is 8.29. The van der Waals surface area contributed by atoms with Crippen LogP contribution in [0.2, 0.25) is 5.02 Å². The van der Waals surface area contributed by atoms with Crippen LogP contribution in [0.4, 0.5) is 0 Å². The maximum atomic E-state index is 12.8. The maximum absolute atomic E-state index is 12.8. The molecule has 1 aromatic carbocycles. The Morgan fingerprint density at radius 1 is 1.33 bits per heavy atom. The number of benzene rings is 1. The number of carbonyl (C=O) groups excluding carboxylic acids is 1. The van der Waals surface area contributed by atoms with E-state index in [1.54, 1.807) is 12.1 Å². The predicted molar refractivity (Wildman–Crippen MR) is 93.7 cm³/mol. The predicted octanol–water partition coefficient (Wildman–Crippen LogP) is 0.144. The summed E-state index contributed by atoms with van der Waals surface area (Å²) in [4.78, 5) is 13.9. The third-order valence-electron chi connectivity index (χ3n) is 4.08. The van der Waals surface area contributed by atoms with Gasteiger partial charge in [-0.1, -0.05) is 11.6 Å². The molecule has 0 aromatic heterocycles. The lowest BCUT2D eigenvalue weighted by Gasteiger charge is -2.23. The number of halogens is 1. The van der Waals surface area contributed by atoms with Crippen molar-refractivity contribution < 1.29 is 18.1 Å². The minimum absolute atomic E-state index is 0.169. The largest absolute Gasteiger partial charge is 0.354 e. The minimum atomic E-state index is -3.68. The van der Waals surface area contributed by atoms with E-state index in [1.165, 1.54) is 21.3 Å². The van der Waals surface area contributed by atoms with Gasteiger partial charge in [-0.2, -0.15) is 4.31 Å². The van der Waals surface area contributed by atoms with Crippen molar-refractivity contribution in [3.63, 3.8) is 0 Å².